The Morgan fingerprint density at radius 1 is 1.10 bits per heavy atom. The molecule has 0 bridgehead atoms. The van der Waals surface area contributed by atoms with Crippen molar-refractivity contribution in [3.05, 3.63) is 70.7 Å². The molecule has 0 saturated carbocycles. The molecule has 6 nitrogen and oxygen atoms in total. The van der Waals surface area contributed by atoms with E-state index in [4.69, 9.17) is 37.1 Å². The number of hydrogen-bond acceptors (Lipinski definition) is 5. The van der Waals surface area contributed by atoms with Crippen LogP contribution in [0.5, 0.6) is 11.5 Å². The van der Waals surface area contributed by atoms with E-state index in [1.54, 1.807) is 50.4 Å². The molecule has 158 valence electrons. The van der Waals surface area contributed by atoms with Crippen LogP contribution in [0.4, 0.5) is 5.69 Å². The van der Waals surface area contributed by atoms with Crippen LogP contribution in [0.1, 0.15) is 6.92 Å². The molecule has 1 atom stereocenters. The smallest absolute Gasteiger partial charge is 0.265 e. The Balaban J connectivity index is 1.49. The van der Waals surface area contributed by atoms with Gasteiger partial charge in [-0.2, -0.15) is 0 Å². The molecule has 4 rings (SSSR count). The first-order chi connectivity index (χ1) is 14.9. The Morgan fingerprint density at radius 2 is 1.87 bits per heavy atom. The van der Waals surface area contributed by atoms with Gasteiger partial charge in [-0.1, -0.05) is 29.3 Å². The topological polar surface area (TPSA) is 73.6 Å². The predicted octanol–water partition coefficient (Wildman–Crippen LogP) is 6.22. The molecule has 0 aliphatic rings. The third-order valence-electron chi connectivity index (χ3n) is 4.58. The van der Waals surface area contributed by atoms with E-state index in [1.165, 1.54) is 0 Å². The quantitative estimate of drug-likeness (QED) is 0.372. The number of nitrogens with zero attached hydrogens (tertiary/aromatic N) is 1. The monoisotopic (exact) mass is 456 g/mol. The van der Waals surface area contributed by atoms with Crippen molar-refractivity contribution in [2.75, 3.05) is 12.4 Å². The summed E-state index contributed by atoms with van der Waals surface area (Å²) in [5.41, 5.74) is 2.62. The number of aromatic nitrogens is 1. The van der Waals surface area contributed by atoms with Crippen molar-refractivity contribution in [3.8, 4) is 23.0 Å². The van der Waals surface area contributed by atoms with Crippen LogP contribution in [0.2, 0.25) is 10.0 Å². The first-order valence-electron chi connectivity index (χ1n) is 9.41. The number of amides is 1. The molecule has 0 aliphatic carbocycles. The van der Waals surface area contributed by atoms with Gasteiger partial charge in [0.05, 0.1) is 12.1 Å². The van der Waals surface area contributed by atoms with Gasteiger partial charge >= 0.3 is 0 Å². The summed E-state index contributed by atoms with van der Waals surface area (Å²) in [6.45, 7) is 1.63. The molecule has 4 aromatic rings. The van der Waals surface area contributed by atoms with E-state index in [1.807, 2.05) is 24.3 Å². The summed E-state index contributed by atoms with van der Waals surface area (Å²) in [4.78, 5) is 17.1. The van der Waals surface area contributed by atoms with Crippen LogP contribution in [-0.2, 0) is 4.79 Å². The maximum Gasteiger partial charge on any atom is 0.265 e. The fourth-order valence-corrected chi connectivity index (χ4v) is 3.26. The molecule has 0 radical (unpaired) electrons. The van der Waals surface area contributed by atoms with E-state index in [9.17, 15) is 4.79 Å². The lowest BCUT2D eigenvalue weighted by Gasteiger charge is -2.16. The van der Waals surface area contributed by atoms with E-state index in [0.29, 0.717) is 33.4 Å². The third kappa shape index (κ3) is 4.60. The maximum atomic E-state index is 12.6. The summed E-state index contributed by atoms with van der Waals surface area (Å²) in [5, 5.41) is 3.43. The van der Waals surface area contributed by atoms with Gasteiger partial charge < -0.3 is 19.2 Å². The molecule has 0 spiro atoms. The average Bonchev–Trinajstić information content (AvgIpc) is 3.20. The van der Waals surface area contributed by atoms with Crippen LogP contribution in [0.3, 0.4) is 0 Å². The zero-order chi connectivity index (χ0) is 22.0. The van der Waals surface area contributed by atoms with Crippen molar-refractivity contribution in [3.63, 3.8) is 0 Å². The number of methoxy groups -OCH3 is 1. The predicted molar refractivity (Wildman–Crippen MR) is 121 cm³/mol. The van der Waals surface area contributed by atoms with Gasteiger partial charge in [-0.15, -0.1) is 0 Å². The fourth-order valence-electron chi connectivity index (χ4n) is 2.93. The summed E-state index contributed by atoms with van der Waals surface area (Å²) in [6, 6.07) is 17.6. The average molecular weight is 457 g/mol. The largest absolute Gasteiger partial charge is 0.497 e. The van der Waals surface area contributed by atoms with Crippen LogP contribution in [0.15, 0.2) is 65.1 Å². The highest BCUT2D eigenvalue weighted by Crippen LogP contribution is 2.32. The molecule has 0 fully saturated rings. The second kappa shape index (κ2) is 8.88. The van der Waals surface area contributed by atoms with Crippen molar-refractivity contribution in [1.82, 2.24) is 4.98 Å². The van der Waals surface area contributed by atoms with Gasteiger partial charge in [-0.25, -0.2) is 4.98 Å². The Labute approximate surface area is 188 Å². The van der Waals surface area contributed by atoms with Crippen molar-refractivity contribution < 1.29 is 18.7 Å². The lowest BCUT2D eigenvalue weighted by atomic mass is 10.2. The lowest BCUT2D eigenvalue weighted by Crippen LogP contribution is -2.30. The van der Waals surface area contributed by atoms with Gasteiger partial charge in [0.25, 0.3) is 5.91 Å². The molecule has 8 heteroatoms. The summed E-state index contributed by atoms with van der Waals surface area (Å²) in [6.07, 6.45) is -0.793. The van der Waals surface area contributed by atoms with Crippen molar-refractivity contribution in [2.24, 2.45) is 0 Å². The minimum absolute atomic E-state index is 0.263. The maximum absolute atomic E-state index is 12.6. The molecular formula is C23H18Cl2N2O4. The van der Waals surface area contributed by atoms with Crippen LogP contribution >= 0.6 is 23.2 Å². The molecule has 1 aromatic heterocycles. The van der Waals surface area contributed by atoms with Crippen LogP contribution in [0, 0.1) is 0 Å². The fraction of sp³-hybridized carbons (Fsp3) is 0.130. The zero-order valence-corrected chi connectivity index (χ0v) is 18.2. The number of benzene rings is 3. The van der Waals surface area contributed by atoms with Crippen molar-refractivity contribution >= 4 is 45.9 Å². The number of nitrogens with one attached hydrogen (secondary N) is 1. The highest BCUT2D eigenvalue weighted by molar-refractivity contribution is 6.42. The van der Waals surface area contributed by atoms with Crippen molar-refractivity contribution in [1.29, 1.82) is 0 Å². The number of ether oxygens (including phenoxy) is 2. The Bertz CT molecular complexity index is 1240. The van der Waals surface area contributed by atoms with E-state index in [-0.39, 0.29) is 10.9 Å². The number of halogens is 2. The minimum Gasteiger partial charge on any atom is -0.497 e. The molecule has 0 unspecified atom stereocenters. The number of fused-ring (bicyclic) bond motifs is 1. The normalized spacial score (nSPS) is 11.9. The Morgan fingerprint density at radius 3 is 2.61 bits per heavy atom. The van der Waals surface area contributed by atoms with Crippen molar-refractivity contribution in [2.45, 2.75) is 13.0 Å². The highest BCUT2D eigenvalue weighted by Gasteiger charge is 2.18. The molecule has 0 saturated heterocycles. The molecule has 0 aliphatic heterocycles. The number of carbonyl (C=O) groups excluding carboxylic acids is 1. The highest BCUT2D eigenvalue weighted by atomic mass is 35.5. The zero-order valence-electron chi connectivity index (χ0n) is 16.7. The Hall–Kier alpha value is -3.22. The number of anilines is 1. The molecular weight excluding hydrogens is 439 g/mol. The second-order valence-electron chi connectivity index (χ2n) is 6.73. The molecule has 1 N–H and O–H groups in total. The lowest BCUT2D eigenvalue weighted by molar-refractivity contribution is -0.122. The van der Waals surface area contributed by atoms with Gasteiger partial charge in [0, 0.05) is 11.3 Å². The summed E-state index contributed by atoms with van der Waals surface area (Å²) < 4.78 is 16.6. The van der Waals surface area contributed by atoms with Crippen LogP contribution < -0.4 is 14.8 Å². The SMILES string of the molecule is COc1ccc(-c2nc3cc(NC(=O)[C@H](C)Oc4cccc(Cl)c4Cl)ccc3o2)cc1. The number of oxazole rings is 1. The first kappa shape index (κ1) is 21.0. The number of rotatable bonds is 6. The van der Waals surface area contributed by atoms with Gasteiger partial charge in [0.15, 0.2) is 11.7 Å². The van der Waals surface area contributed by atoms with E-state index >= 15 is 0 Å². The molecule has 1 heterocycles. The summed E-state index contributed by atoms with van der Waals surface area (Å²) in [7, 11) is 1.61. The van der Waals surface area contributed by atoms with E-state index in [0.717, 1.165) is 11.3 Å². The summed E-state index contributed by atoms with van der Waals surface area (Å²) in [5.74, 6) is 1.23. The van der Waals surface area contributed by atoms with Crippen LogP contribution in [0.25, 0.3) is 22.6 Å². The van der Waals surface area contributed by atoms with Gasteiger partial charge in [-0.3, -0.25) is 4.79 Å². The number of hydrogen-bond donors (Lipinski definition) is 1. The van der Waals surface area contributed by atoms with Gasteiger partial charge in [-0.05, 0) is 61.5 Å². The molecule has 1 amide bonds. The second-order valence-corrected chi connectivity index (χ2v) is 7.52. The third-order valence-corrected chi connectivity index (χ3v) is 5.38. The Kier molecular flexibility index (Phi) is 6.02. The number of carbonyl (C=O) groups is 1. The van der Waals surface area contributed by atoms with E-state index in [2.05, 4.69) is 10.3 Å². The van der Waals surface area contributed by atoms with Gasteiger partial charge in [0.1, 0.15) is 22.0 Å². The van der Waals surface area contributed by atoms with Crippen LogP contribution in [-0.4, -0.2) is 24.1 Å². The first-order valence-corrected chi connectivity index (χ1v) is 10.2. The molecule has 3 aromatic carbocycles. The standard InChI is InChI=1S/C23H18Cl2N2O4/c1-13(30-20-5-3-4-17(24)21(20)25)22(28)26-15-8-11-19-18(12-15)27-23(31-19)14-6-9-16(29-2)10-7-14/h3-13H,1-2H3,(H,26,28)/t13-/m0/s1. The van der Waals surface area contributed by atoms with Gasteiger partial charge in [0.2, 0.25) is 5.89 Å². The summed E-state index contributed by atoms with van der Waals surface area (Å²) >= 11 is 12.1. The minimum atomic E-state index is -0.793. The molecule has 31 heavy (non-hydrogen) atoms. The van der Waals surface area contributed by atoms with E-state index < -0.39 is 6.10 Å².